The van der Waals surface area contributed by atoms with Crippen molar-refractivity contribution in [2.75, 3.05) is 12.0 Å². The van der Waals surface area contributed by atoms with Crippen molar-refractivity contribution in [1.29, 1.82) is 0 Å². The molecule has 112 valence electrons. The first-order chi connectivity index (χ1) is 10.7. The highest BCUT2D eigenvalue weighted by Gasteiger charge is 2.10. The monoisotopic (exact) mass is 326 g/mol. The van der Waals surface area contributed by atoms with Gasteiger partial charge in [0.2, 0.25) is 0 Å². The first-order valence-corrected chi connectivity index (χ1v) is 8.98. The molecule has 1 heterocycles. The standard InChI is InChI=1S/C18H18N2S2/c1-22-10-9-20-12-16(15-7-2-3-8-17(15)20)13-5-4-6-14(11-13)18(19)21/h2-8,11-12H,9-10H2,1H3,(H2,19,21). The number of benzene rings is 2. The first kappa shape index (κ1) is 15.1. The number of thioether (sulfide) groups is 1. The average molecular weight is 326 g/mol. The zero-order valence-electron chi connectivity index (χ0n) is 12.5. The van der Waals surface area contributed by atoms with E-state index in [0.717, 1.165) is 23.4 Å². The quantitative estimate of drug-likeness (QED) is 0.709. The summed E-state index contributed by atoms with van der Waals surface area (Å²) in [5, 5.41) is 1.27. The molecule has 0 fully saturated rings. The predicted molar refractivity (Wildman–Crippen MR) is 102 cm³/mol. The van der Waals surface area contributed by atoms with Gasteiger partial charge < -0.3 is 10.3 Å². The third-order valence-electron chi connectivity index (χ3n) is 3.78. The second-order valence-electron chi connectivity index (χ2n) is 5.19. The number of hydrogen-bond acceptors (Lipinski definition) is 2. The number of para-hydroxylation sites is 1. The minimum absolute atomic E-state index is 0.438. The maximum absolute atomic E-state index is 5.77. The summed E-state index contributed by atoms with van der Waals surface area (Å²) in [5.41, 5.74) is 10.3. The fourth-order valence-electron chi connectivity index (χ4n) is 2.69. The summed E-state index contributed by atoms with van der Waals surface area (Å²) in [6.07, 6.45) is 4.37. The Morgan fingerprint density at radius 1 is 1.18 bits per heavy atom. The third-order valence-corrected chi connectivity index (χ3v) is 4.61. The van der Waals surface area contributed by atoms with Crippen molar-refractivity contribution in [2.24, 2.45) is 5.73 Å². The lowest BCUT2D eigenvalue weighted by Gasteiger charge is -2.03. The molecule has 0 radical (unpaired) electrons. The van der Waals surface area contributed by atoms with Gasteiger partial charge in [0.1, 0.15) is 4.99 Å². The Bertz CT molecular complexity index is 821. The topological polar surface area (TPSA) is 30.9 Å². The highest BCUT2D eigenvalue weighted by atomic mass is 32.2. The van der Waals surface area contributed by atoms with Crippen molar-refractivity contribution in [1.82, 2.24) is 4.57 Å². The van der Waals surface area contributed by atoms with E-state index in [1.165, 1.54) is 16.5 Å². The van der Waals surface area contributed by atoms with E-state index in [4.69, 9.17) is 18.0 Å². The third kappa shape index (κ3) is 2.89. The Balaban J connectivity index is 2.14. The van der Waals surface area contributed by atoms with Crippen LogP contribution < -0.4 is 5.73 Å². The minimum Gasteiger partial charge on any atom is -0.389 e. The second kappa shape index (κ2) is 6.55. The van der Waals surface area contributed by atoms with E-state index < -0.39 is 0 Å². The van der Waals surface area contributed by atoms with Crippen LogP contribution in [0.25, 0.3) is 22.0 Å². The summed E-state index contributed by atoms with van der Waals surface area (Å²) in [5.74, 6) is 1.10. The number of nitrogens with zero attached hydrogens (tertiary/aromatic N) is 1. The molecule has 2 N–H and O–H groups in total. The molecule has 0 bridgehead atoms. The lowest BCUT2D eigenvalue weighted by atomic mass is 10.0. The SMILES string of the molecule is CSCCn1cc(-c2cccc(C(N)=S)c2)c2ccccc21. The van der Waals surface area contributed by atoms with Crippen LogP contribution in [-0.2, 0) is 6.54 Å². The number of rotatable bonds is 5. The van der Waals surface area contributed by atoms with Crippen LogP contribution in [0.5, 0.6) is 0 Å². The summed E-state index contributed by atoms with van der Waals surface area (Å²) in [7, 11) is 0. The molecule has 4 heteroatoms. The lowest BCUT2D eigenvalue weighted by molar-refractivity contribution is 0.809. The van der Waals surface area contributed by atoms with E-state index in [-0.39, 0.29) is 0 Å². The summed E-state index contributed by atoms with van der Waals surface area (Å²) >= 11 is 6.96. The van der Waals surface area contributed by atoms with Gasteiger partial charge in [0, 0.05) is 40.5 Å². The smallest absolute Gasteiger partial charge is 0.104 e. The van der Waals surface area contributed by atoms with Gasteiger partial charge >= 0.3 is 0 Å². The second-order valence-corrected chi connectivity index (χ2v) is 6.62. The highest BCUT2D eigenvalue weighted by Crippen LogP contribution is 2.31. The molecular weight excluding hydrogens is 308 g/mol. The van der Waals surface area contributed by atoms with E-state index >= 15 is 0 Å². The normalized spacial score (nSPS) is 11.0. The summed E-state index contributed by atoms with van der Waals surface area (Å²) in [4.78, 5) is 0.438. The Hall–Kier alpha value is -1.78. The van der Waals surface area contributed by atoms with Crippen LogP contribution in [-0.4, -0.2) is 21.6 Å². The molecule has 0 saturated carbocycles. The zero-order valence-corrected chi connectivity index (χ0v) is 14.1. The number of hydrogen-bond donors (Lipinski definition) is 1. The van der Waals surface area contributed by atoms with Gasteiger partial charge in [-0.3, -0.25) is 0 Å². The number of aromatic nitrogens is 1. The molecule has 1 aromatic heterocycles. The van der Waals surface area contributed by atoms with Crippen LogP contribution in [0, 0.1) is 0 Å². The maximum Gasteiger partial charge on any atom is 0.104 e. The van der Waals surface area contributed by atoms with Gasteiger partial charge in [0.15, 0.2) is 0 Å². The fourth-order valence-corrected chi connectivity index (χ4v) is 3.20. The van der Waals surface area contributed by atoms with Gasteiger partial charge in [-0.2, -0.15) is 11.8 Å². The Morgan fingerprint density at radius 3 is 2.77 bits per heavy atom. The predicted octanol–water partition coefficient (Wildman–Crippen LogP) is 4.31. The fraction of sp³-hybridized carbons (Fsp3) is 0.167. The first-order valence-electron chi connectivity index (χ1n) is 7.18. The van der Waals surface area contributed by atoms with Crippen molar-refractivity contribution in [3.63, 3.8) is 0 Å². The Labute approximate surface area is 140 Å². The molecule has 0 saturated heterocycles. The van der Waals surface area contributed by atoms with Crippen LogP contribution >= 0.6 is 24.0 Å². The summed E-state index contributed by atoms with van der Waals surface area (Å²) in [6.45, 7) is 1.01. The van der Waals surface area contributed by atoms with E-state index in [9.17, 15) is 0 Å². The number of nitrogens with two attached hydrogens (primary N) is 1. The molecule has 0 aliphatic carbocycles. The van der Waals surface area contributed by atoms with E-state index in [0.29, 0.717) is 4.99 Å². The number of fused-ring (bicyclic) bond motifs is 1. The van der Waals surface area contributed by atoms with Gasteiger partial charge in [-0.15, -0.1) is 0 Å². The van der Waals surface area contributed by atoms with Crippen molar-refractivity contribution in [3.8, 4) is 11.1 Å². The molecule has 2 aromatic carbocycles. The molecule has 0 atom stereocenters. The molecule has 0 spiro atoms. The molecule has 22 heavy (non-hydrogen) atoms. The van der Waals surface area contributed by atoms with Crippen molar-refractivity contribution < 1.29 is 0 Å². The molecule has 3 aromatic rings. The van der Waals surface area contributed by atoms with Gasteiger partial charge in [0.05, 0.1) is 0 Å². The van der Waals surface area contributed by atoms with Crippen LogP contribution in [0.4, 0.5) is 0 Å². The molecular formula is C18H18N2S2. The van der Waals surface area contributed by atoms with Crippen LogP contribution in [0.2, 0.25) is 0 Å². The largest absolute Gasteiger partial charge is 0.389 e. The maximum atomic E-state index is 5.77. The molecule has 0 aliphatic rings. The van der Waals surface area contributed by atoms with Crippen LogP contribution in [0.15, 0.2) is 54.7 Å². The van der Waals surface area contributed by atoms with Crippen LogP contribution in [0.1, 0.15) is 5.56 Å². The van der Waals surface area contributed by atoms with Crippen molar-refractivity contribution in [2.45, 2.75) is 6.54 Å². The summed E-state index contributed by atoms with van der Waals surface area (Å²) in [6, 6.07) is 16.7. The van der Waals surface area contributed by atoms with Crippen LogP contribution in [0.3, 0.4) is 0 Å². The number of thiocarbonyl (C=S) groups is 1. The zero-order chi connectivity index (χ0) is 15.5. The molecule has 2 nitrogen and oxygen atoms in total. The molecule has 0 aliphatic heterocycles. The van der Waals surface area contributed by atoms with Gasteiger partial charge in [-0.25, -0.2) is 0 Å². The van der Waals surface area contributed by atoms with Crippen molar-refractivity contribution >= 4 is 39.9 Å². The van der Waals surface area contributed by atoms with Crippen molar-refractivity contribution in [3.05, 3.63) is 60.3 Å². The summed E-state index contributed by atoms with van der Waals surface area (Å²) < 4.78 is 2.33. The van der Waals surface area contributed by atoms with E-state index in [1.54, 1.807) is 0 Å². The van der Waals surface area contributed by atoms with Gasteiger partial charge in [-0.1, -0.05) is 48.6 Å². The van der Waals surface area contributed by atoms with E-state index in [2.05, 4.69) is 53.4 Å². The number of aryl methyl sites for hydroxylation is 1. The van der Waals surface area contributed by atoms with Gasteiger partial charge in [0.25, 0.3) is 0 Å². The van der Waals surface area contributed by atoms with Gasteiger partial charge in [-0.05, 0) is 24.0 Å². The molecule has 3 rings (SSSR count). The lowest BCUT2D eigenvalue weighted by Crippen LogP contribution is -2.08. The molecule has 0 amide bonds. The minimum atomic E-state index is 0.438. The molecule has 0 unspecified atom stereocenters. The Kier molecular flexibility index (Phi) is 4.50. The van der Waals surface area contributed by atoms with E-state index in [1.807, 2.05) is 23.9 Å². The average Bonchev–Trinajstić information content (AvgIpc) is 2.92. The highest BCUT2D eigenvalue weighted by molar-refractivity contribution is 7.98. The Morgan fingerprint density at radius 2 is 2.00 bits per heavy atom.